The number of hydrogen-bond donors (Lipinski definition) is 2. The van der Waals surface area contributed by atoms with Gasteiger partial charge >= 0.3 is 5.97 Å². The zero-order valence-electron chi connectivity index (χ0n) is 20.3. The van der Waals surface area contributed by atoms with E-state index in [0.29, 0.717) is 0 Å². The highest BCUT2D eigenvalue weighted by Crippen LogP contribution is 2.31. The van der Waals surface area contributed by atoms with Gasteiger partial charge in [0.25, 0.3) is 0 Å². The Balaban J connectivity index is 0.00000212. The molecule has 2 atom stereocenters. The second-order valence-electron chi connectivity index (χ2n) is 6.66. The minimum absolute atomic E-state index is 0.0591. The van der Waals surface area contributed by atoms with Crippen molar-refractivity contribution in [1.29, 1.82) is 0 Å². The zero-order chi connectivity index (χ0) is 24.0. The summed E-state index contributed by atoms with van der Waals surface area (Å²) < 4.78 is 4.53. The van der Waals surface area contributed by atoms with Gasteiger partial charge in [-0.1, -0.05) is 70.2 Å². The van der Waals surface area contributed by atoms with Gasteiger partial charge in [0.15, 0.2) is 0 Å². The topological polar surface area (TPSA) is 79.7 Å². The molecule has 0 aliphatic carbocycles. The monoisotopic (exact) mass is 429 g/mol. The number of aryl methyl sites for hydroxylation is 2. The average molecular weight is 430 g/mol. The van der Waals surface area contributed by atoms with E-state index in [9.17, 15) is 15.0 Å². The first-order valence-corrected chi connectivity index (χ1v) is 11.0. The van der Waals surface area contributed by atoms with Crippen LogP contribution < -0.4 is 0 Å². The van der Waals surface area contributed by atoms with Gasteiger partial charge in [-0.05, 0) is 37.5 Å². The summed E-state index contributed by atoms with van der Waals surface area (Å²) in [7, 11) is 1.27. The maximum absolute atomic E-state index is 11.2. The maximum atomic E-state index is 11.2. The van der Waals surface area contributed by atoms with Crippen LogP contribution in [0.5, 0.6) is 0 Å². The number of carbonyl (C=O) groups is 1. The fourth-order valence-corrected chi connectivity index (χ4v) is 3.06. The standard InChI is InChI=1S/C22H27NO4.2C2H6/c1-14-15(2)23-16(3)20(22(14)17-8-6-5-7-9-17)11-10-18(24)12-19(25)13-21(26)27-4;2*1-2/h5-11,18-19,24-25H,12-13H2,1-4H3;2*1-2H3/b11-10+;;. The highest BCUT2D eigenvalue weighted by molar-refractivity contribution is 5.79. The first-order valence-electron chi connectivity index (χ1n) is 11.0. The summed E-state index contributed by atoms with van der Waals surface area (Å²) >= 11 is 0. The van der Waals surface area contributed by atoms with Crippen LogP contribution in [0.1, 0.15) is 63.1 Å². The minimum atomic E-state index is -0.954. The number of pyridine rings is 1. The van der Waals surface area contributed by atoms with Crippen LogP contribution in [0.15, 0.2) is 36.4 Å². The van der Waals surface area contributed by atoms with E-state index < -0.39 is 18.2 Å². The highest BCUT2D eigenvalue weighted by atomic mass is 16.5. The fraction of sp³-hybridized carbons (Fsp3) is 0.462. The number of rotatable bonds is 7. The van der Waals surface area contributed by atoms with Crippen molar-refractivity contribution in [1.82, 2.24) is 4.98 Å². The van der Waals surface area contributed by atoms with Crippen molar-refractivity contribution in [2.24, 2.45) is 0 Å². The molecule has 0 aliphatic heterocycles. The lowest BCUT2D eigenvalue weighted by atomic mass is 9.93. The van der Waals surface area contributed by atoms with E-state index in [1.54, 1.807) is 6.08 Å². The third kappa shape index (κ3) is 9.03. The van der Waals surface area contributed by atoms with Gasteiger partial charge in [0.05, 0.1) is 25.7 Å². The number of ether oxygens (including phenoxy) is 1. The second-order valence-corrected chi connectivity index (χ2v) is 6.66. The predicted molar refractivity (Wildman–Crippen MR) is 129 cm³/mol. The molecule has 0 saturated carbocycles. The number of methoxy groups -OCH3 is 1. The molecule has 0 amide bonds. The molecule has 5 heteroatoms. The molecule has 0 aliphatic rings. The molecule has 5 nitrogen and oxygen atoms in total. The molecule has 0 fully saturated rings. The number of carbonyl (C=O) groups excluding carboxylic acids is 1. The van der Waals surface area contributed by atoms with Crippen LogP contribution in [0.25, 0.3) is 17.2 Å². The smallest absolute Gasteiger partial charge is 0.308 e. The van der Waals surface area contributed by atoms with Gasteiger partial charge < -0.3 is 14.9 Å². The van der Waals surface area contributed by atoms with Crippen molar-refractivity contribution in [3.05, 3.63) is 58.9 Å². The van der Waals surface area contributed by atoms with Gasteiger partial charge in [-0.25, -0.2) is 0 Å². The molecule has 2 unspecified atom stereocenters. The molecule has 0 bridgehead atoms. The number of benzene rings is 1. The van der Waals surface area contributed by atoms with Crippen LogP contribution in [0.2, 0.25) is 0 Å². The summed E-state index contributed by atoms with van der Waals surface area (Å²) in [6.45, 7) is 14.0. The zero-order valence-corrected chi connectivity index (χ0v) is 20.3. The van der Waals surface area contributed by atoms with Crippen molar-refractivity contribution in [3.63, 3.8) is 0 Å². The second kappa shape index (κ2) is 15.3. The molecule has 172 valence electrons. The maximum Gasteiger partial charge on any atom is 0.308 e. The SMILES string of the molecule is CC.CC.COC(=O)CC(O)CC(O)/C=C/c1c(C)nc(C)c(C)c1-c1ccccc1. The number of hydrogen-bond acceptors (Lipinski definition) is 5. The van der Waals surface area contributed by atoms with Crippen molar-refractivity contribution in [2.45, 2.75) is 73.5 Å². The quantitative estimate of drug-likeness (QED) is 0.575. The van der Waals surface area contributed by atoms with Gasteiger partial charge in [-0.2, -0.15) is 0 Å². The summed E-state index contributed by atoms with van der Waals surface area (Å²) in [5.74, 6) is -0.501. The largest absolute Gasteiger partial charge is 0.469 e. The first kappa shape index (κ1) is 28.5. The van der Waals surface area contributed by atoms with Gasteiger partial charge in [0, 0.05) is 23.4 Å². The molecule has 0 saturated heterocycles. The first-order chi connectivity index (χ1) is 14.8. The number of nitrogens with zero attached hydrogens (tertiary/aromatic N) is 1. The van der Waals surface area contributed by atoms with Crippen molar-refractivity contribution in [3.8, 4) is 11.1 Å². The van der Waals surface area contributed by atoms with Crippen LogP contribution >= 0.6 is 0 Å². The fourth-order valence-electron chi connectivity index (χ4n) is 3.06. The van der Waals surface area contributed by atoms with Crippen LogP contribution in [-0.2, 0) is 9.53 Å². The number of aliphatic hydroxyl groups is 2. The van der Waals surface area contributed by atoms with Gasteiger partial charge in [-0.15, -0.1) is 0 Å². The van der Waals surface area contributed by atoms with Gasteiger partial charge in [0.1, 0.15) is 0 Å². The third-order valence-corrected chi connectivity index (χ3v) is 4.60. The summed E-state index contributed by atoms with van der Waals surface area (Å²) in [5.41, 5.74) is 6.04. The normalized spacial score (nSPS) is 12.2. The predicted octanol–water partition coefficient (Wildman–Crippen LogP) is 5.41. The lowest BCUT2D eigenvalue weighted by Gasteiger charge is -2.16. The lowest BCUT2D eigenvalue weighted by Crippen LogP contribution is -2.20. The molecule has 1 aromatic carbocycles. The number of aliphatic hydroxyl groups excluding tert-OH is 2. The van der Waals surface area contributed by atoms with E-state index in [-0.39, 0.29) is 12.8 Å². The Labute approximate surface area is 187 Å². The summed E-state index contributed by atoms with van der Waals surface area (Å²) in [4.78, 5) is 15.8. The van der Waals surface area contributed by atoms with E-state index in [1.807, 2.05) is 72.7 Å². The third-order valence-electron chi connectivity index (χ3n) is 4.60. The molecule has 31 heavy (non-hydrogen) atoms. The van der Waals surface area contributed by atoms with Crippen LogP contribution in [0.3, 0.4) is 0 Å². The van der Waals surface area contributed by atoms with E-state index in [1.165, 1.54) is 7.11 Å². The van der Waals surface area contributed by atoms with Gasteiger partial charge in [-0.3, -0.25) is 9.78 Å². The molecule has 0 spiro atoms. The van der Waals surface area contributed by atoms with Crippen molar-refractivity contribution in [2.75, 3.05) is 7.11 Å². The summed E-state index contributed by atoms with van der Waals surface area (Å²) in [6.07, 6.45) is 1.56. The Bertz CT molecular complexity index is 816. The van der Waals surface area contributed by atoms with Crippen molar-refractivity contribution >= 4 is 12.0 Å². The van der Waals surface area contributed by atoms with Crippen LogP contribution in [-0.4, -0.2) is 40.5 Å². The van der Waals surface area contributed by atoms with E-state index in [0.717, 1.165) is 33.6 Å². The highest BCUT2D eigenvalue weighted by Gasteiger charge is 2.16. The van der Waals surface area contributed by atoms with Crippen LogP contribution in [0.4, 0.5) is 0 Å². The average Bonchev–Trinajstić information content (AvgIpc) is 2.78. The van der Waals surface area contributed by atoms with E-state index in [4.69, 9.17) is 0 Å². The Morgan fingerprint density at radius 2 is 1.61 bits per heavy atom. The molecular weight excluding hydrogens is 390 g/mol. The number of aromatic nitrogens is 1. The molecule has 1 heterocycles. The van der Waals surface area contributed by atoms with Crippen LogP contribution in [0, 0.1) is 20.8 Å². The number of esters is 1. The molecule has 2 rings (SSSR count). The minimum Gasteiger partial charge on any atom is -0.469 e. The van der Waals surface area contributed by atoms with Crippen molar-refractivity contribution < 1.29 is 19.7 Å². The Kier molecular flexibility index (Phi) is 14.1. The molecule has 1 aromatic heterocycles. The Hall–Kier alpha value is -2.50. The Morgan fingerprint density at radius 1 is 1.03 bits per heavy atom. The van der Waals surface area contributed by atoms with E-state index >= 15 is 0 Å². The molecule has 2 N–H and O–H groups in total. The lowest BCUT2D eigenvalue weighted by molar-refractivity contribution is -0.143. The summed E-state index contributed by atoms with van der Waals surface area (Å²) in [6, 6.07) is 10.1. The Morgan fingerprint density at radius 3 is 2.16 bits per heavy atom. The summed E-state index contributed by atoms with van der Waals surface area (Å²) in [5, 5.41) is 20.1. The molecule has 2 aromatic rings. The molecular formula is C26H39NO4. The van der Waals surface area contributed by atoms with Gasteiger partial charge in [0.2, 0.25) is 0 Å². The van der Waals surface area contributed by atoms with E-state index in [2.05, 4.69) is 21.9 Å². The molecule has 0 radical (unpaired) electrons.